The zero-order valence-electron chi connectivity index (χ0n) is 18.5. The summed E-state index contributed by atoms with van der Waals surface area (Å²) >= 11 is 0. The molecular weight excluding hydrogens is 414 g/mol. The van der Waals surface area contributed by atoms with Gasteiger partial charge in [0.15, 0.2) is 0 Å². The van der Waals surface area contributed by atoms with Crippen LogP contribution in [0.1, 0.15) is 5.56 Å². The lowest BCUT2D eigenvalue weighted by atomic mass is 10.1. The number of hydrogen-bond acceptors (Lipinski definition) is 6. The van der Waals surface area contributed by atoms with Crippen LogP contribution >= 0.6 is 0 Å². The largest absolute Gasteiger partial charge is 0.365 e. The standard InChI is InChI=1S/C24H25N9/c1-29-16-21(13-26-29)20-7-8-22-23(14-27-32(22)17-20)30-9-11-31(12-10-30)24-25-18-28-33(24)15-19-5-3-2-4-6-19/h2-8,13-14,16-18H,9-12,15H2,1H3. The molecule has 1 aromatic carbocycles. The molecule has 33 heavy (non-hydrogen) atoms. The molecule has 9 nitrogen and oxygen atoms in total. The summed E-state index contributed by atoms with van der Waals surface area (Å²) in [6, 6.07) is 14.7. The second kappa shape index (κ2) is 8.09. The van der Waals surface area contributed by atoms with Gasteiger partial charge in [0, 0.05) is 56.7 Å². The quantitative estimate of drug-likeness (QED) is 0.419. The van der Waals surface area contributed by atoms with Gasteiger partial charge in [-0.3, -0.25) is 4.68 Å². The highest BCUT2D eigenvalue weighted by atomic mass is 15.4. The number of hydrogen-bond donors (Lipinski definition) is 0. The molecule has 1 saturated heterocycles. The van der Waals surface area contributed by atoms with E-state index in [0.717, 1.165) is 61.0 Å². The molecule has 1 aliphatic rings. The minimum Gasteiger partial charge on any atom is -0.365 e. The second-order valence-electron chi connectivity index (χ2n) is 8.36. The van der Waals surface area contributed by atoms with E-state index in [2.05, 4.69) is 72.7 Å². The molecule has 0 bridgehead atoms. The predicted octanol–water partition coefficient (Wildman–Crippen LogP) is 2.70. The predicted molar refractivity (Wildman–Crippen MR) is 127 cm³/mol. The molecule has 0 atom stereocenters. The van der Waals surface area contributed by atoms with Gasteiger partial charge in [0.25, 0.3) is 0 Å². The van der Waals surface area contributed by atoms with Crippen LogP contribution in [0.4, 0.5) is 11.6 Å². The zero-order valence-corrected chi connectivity index (χ0v) is 18.5. The first kappa shape index (κ1) is 19.5. The molecule has 5 aromatic rings. The first-order valence-electron chi connectivity index (χ1n) is 11.1. The van der Waals surface area contributed by atoms with E-state index in [1.54, 1.807) is 6.33 Å². The minimum absolute atomic E-state index is 0.726. The molecule has 0 amide bonds. The van der Waals surface area contributed by atoms with E-state index in [1.807, 2.05) is 45.6 Å². The second-order valence-corrected chi connectivity index (χ2v) is 8.36. The van der Waals surface area contributed by atoms with Gasteiger partial charge in [0.2, 0.25) is 5.95 Å². The average Bonchev–Trinajstić information content (AvgIpc) is 3.59. The number of pyridine rings is 1. The lowest BCUT2D eigenvalue weighted by molar-refractivity contribution is 0.602. The van der Waals surface area contributed by atoms with Crippen molar-refractivity contribution in [3.63, 3.8) is 0 Å². The number of aryl methyl sites for hydroxylation is 1. The van der Waals surface area contributed by atoms with Crippen molar-refractivity contribution < 1.29 is 0 Å². The van der Waals surface area contributed by atoms with Crippen LogP contribution in [-0.4, -0.2) is 60.3 Å². The van der Waals surface area contributed by atoms with Crippen molar-refractivity contribution in [3.05, 3.63) is 79.1 Å². The number of piperazine rings is 1. The van der Waals surface area contributed by atoms with Gasteiger partial charge in [0.1, 0.15) is 6.33 Å². The van der Waals surface area contributed by atoms with E-state index in [1.165, 1.54) is 5.56 Å². The number of rotatable bonds is 5. The Hall–Kier alpha value is -4.14. The third-order valence-corrected chi connectivity index (χ3v) is 6.21. The van der Waals surface area contributed by atoms with Gasteiger partial charge >= 0.3 is 0 Å². The van der Waals surface area contributed by atoms with Gasteiger partial charge in [-0.15, -0.1) is 0 Å². The Morgan fingerprint density at radius 1 is 0.788 bits per heavy atom. The summed E-state index contributed by atoms with van der Waals surface area (Å²) in [5.74, 6) is 0.930. The van der Waals surface area contributed by atoms with Crippen molar-refractivity contribution in [1.29, 1.82) is 0 Å². The monoisotopic (exact) mass is 439 g/mol. The van der Waals surface area contributed by atoms with Crippen LogP contribution in [0.2, 0.25) is 0 Å². The molecule has 0 aliphatic carbocycles. The smallest absolute Gasteiger partial charge is 0.224 e. The van der Waals surface area contributed by atoms with Crippen molar-refractivity contribution >= 4 is 17.2 Å². The summed E-state index contributed by atoms with van der Waals surface area (Å²) < 4.78 is 5.76. The van der Waals surface area contributed by atoms with Crippen LogP contribution in [0.5, 0.6) is 0 Å². The fourth-order valence-electron chi connectivity index (χ4n) is 4.47. The van der Waals surface area contributed by atoms with Crippen LogP contribution in [0.3, 0.4) is 0 Å². The van der Waals surface area contributed by atoms with Crippen LogP contribution in [0.15, 0.2) is 73.6 Å². The molecule has 5 heterocycles. The Morgan fingerprint density at radius 2 is 1.61 bits per heavy atom. The molecule has 0 unspecified atom stereocenters. The molecule has 6 rings (SSSR count). The fraction of sp³-hybridized carbons (Fsp3) is 0.250. The first-order valence-corrected chi connectivity index (χ1v) is 11.1. The van der Waals surface area contributed by atoms with E-state index in [0.29, 0.717) is 0 Å². The van der Waals surface area contributed by atoms with E-state index < -0.39 is 0 Å². The van der Waals surface area contributed by atoms with Gasteiger partial charge in [-0.1, -0.05) is 36.4 Å². The Balaban J connectivity index is 1.17. The lowest BCUT2D eigenvalue weighted by Gasteiger charge is -2.36. The number of aromatic nitrogens is 7. The molecule has 0 radical (unpaired) electrons. The van der Waals surface area contributed by atoms with Crippen LogP contribution in [-0.2, 0) is 13.6 Å². The molecule has 0 saturated carbocycles. The van der Waals surface area contributed by atoms with Gasteiger partial charge in [-0.25, -0.2) is 9.20 Å². The minimum atomic E-state index is 0.726. The summed E-state index contributed by atoms with van der Waals surface area (Å²) in [7, 11) is 1.93. The highest BCUT2D eigenvalue weighted by Crippen LogP contribution is 2.27. The van der Waals surface area contributed by atoms with Gasteiger partial charge in [-0.2, -0.15) is 20.3 Å². The lowest BCUT2D eigenvalue weighted by Crippen LogP contribution is -2.47. The summed E-state index contributed by atoms with van der Waals surface area (Å²) in [5, 5.41) is 13.4. The maximum atomic E-state index is 4.62. The maximum absolute atomic E-state index is 4.62. The maximum Gasteiger partial charge on any atom is 0.224 e. The van der Waals surface area contributed by atoms with Gasteiger partial charge in [0.05, 0.1) is 30.1 Å². The number of nitrogens with zero attached hydrogens (tertiary/aromatic N) is 9. The van der Waals surface area contributed by atoms with Crippen molar-refractivity contribution in [1.82, 2.24) is 34.2 Å². The van der Waals surface area contributed by atoms with Crippen molar-refractivity contribution in [2.24, 2.45) is 7.05 Å². The molecule has 1 fully saturated rings. The summed E-state index contributed by atoms with van der Waals surface area (Å²) in [6.45, 7) is 4.31. The van der Waals surface area contributed by atoms with Gasteiger partial charge in [-0.05, 0) is 11.6 Å². The third-order valence-electron chi connectivity index (χ3n) is 6.21. The van der Waals surface area contributed by atoms with Crippen LogP contribution in [0.25, 0.3) is 16.6 Å². The Bertz CT molecular complexity index is 1370. The van der Waals surface area contributed by atoms with Crippen molar-refractivity contribution in [3.8, 4) is 11.1 Å². The van der Waals surface area contributed by atoms with Crippen LogP contribution in [0, 0.1) is 0 Å². The zero-order chi connectivity index (χ0) is 22.2. The highest BCUT2D eigenvalue weighted by molar-refractivity contribution is 5.75. The first-order chi connectivity index (χ1) is 16.2. The third kappa shape index (κ3) is 3.71. The number of fused-ring (bicyclic) bond motifs is 1. The van der Waals surface area contributed by atoms with E-state index in [4.69, 9.17) is 0 Å². The van der Waals surface area contributed by atoms with E-state index >= 15 is 0 Å². The number of benzene rings is 1. The summed E-state index contributed by atoms with van der Waals surface area (Å²) in [6.07, 6.45) is 9.58. The molecule has 9 heteroatoms. The normalized spacial score (nSPS) is 14.3. The molecule has 166 valence electrons. The summed E-state index contributed by atoms with van der Waals surface area (Å²) in [5.41, 5.74) is 5.69. The topological polar surface area (TPSA) is 72.3 Å². The fourth-order valence-corrected chi connectivity index (χ4v) is 4.47. The molecule has 0 spiro atoms. The Kier molecular flexibility index (Phi) is 4.79. The summed E-state index contributed by atoms with van der Waals surface area (Å²) in [4.78, 5) is 9.27. The highest BCUT2D eigenvalue weighted by Gasteiger charge is 2.23. The van der Waals surface area contributed by atoms with Crippen LogP contribution < -0.4 is 9.80 Å². The average molecular weight is 440 g/mol. The van der Waals surface area contributed by atoms with Crippen molar-refractivity contribution in [2.75, 3.05) is 36.0 Å². The Labute approximate surface area is 191 Å². The SMILES string of the molecule is Cn1cc(-c2ccc3c(N4CCN(c5ncnn5Cc5ccccc5)CC4)cnn3c2)cn1. The molecule has 1 aliphatic heterocycles. The van der Waals surface area contributed by atoms with E-state index in [9.17, 15) is 0 Å². The number of anilines is 2. The van der Waals surface area contributed by atoms with Gasteiger partial charge < -0.3 is 9.80 Å². The Morgan fingerprint density at radius 3 is 2.39 bits per heavy atom. The molecular formula is C24H25N9. The van der Waals surface area contributed by atoms with Crippen molar-refractivity contribution in [2.45, 2.75) is 6.54 Å². The van der Waals surface area contributed by atoms with E-state index in [-0.39, 0.29) is 0 Å². The molecule has 0 N–H and O–H groups in total. The molecule has 4 aromatic heterocycles.